The number of H-pyrrole nitrogens is 1. The molecule has 1 atom stereocenters. The Morgan fingerprint density at radius 2 is 1.79 bits per heavy atom. The number of benzene rings is 3. The molecular weight excluding hydrogens is 510 g/mol. The number of imidazole rings is 1. The highest BCUT2D eigenvalue weighted by molar-refractivity contribution is 6.31. The molecule has 0 fully saturated rings. The normalized spacial score (nSPS) is 14.6. The van der Waals surface area contributed by atoms with Gasteiger partial charge >= 0.3 is 0 Å². The van der Waals surface area contributed by atoms with Crippen molar-refractivity contribution in [3.05, 3.63) is 124 Å². The van der Waals surface area contributed by atoms with Crippen molar-refractivity contribution in [1.29, 1.82) is 0 Å². The maximum atomic E-state index is 13.6. The number of rotatable bonds is 9. The van der Waals surface area contributed by atoms with E-state index >= 15 is 0 Å². The molecule has 0 aliphatic carbocycles. The fraction of sp³-hybridized carbons (Fsp3) is 0.194. The van der Waals surface area contributed by atoms with E-state index in [0.29, 0.717) is 23.9 Å². The predicted molar refractivity (Wildman–Crippen MR) is 151 cm³/mol. The van der Waals surface area contributed by atoms with Crippen molar-refractivity contribution in [2.45, 2.75) is 32.5 Å². The van der Waals surface area contributed by atoms with Crippen LogP contribution in [0.15, 0.2) is 91.5 Å². The van der Waals surface area contributed by atoms with Crippen LogP contribution in [0.3, 0.4) is 0 Å². The van der Waals surface area contributed by atoms with Gasteiger partial charge in [-0.15, -0.1) is 0 Å². The van der Waals surface area contributed by atoms with E-state index in [0.717, 1.165) is 46.7 Å². The van der Waals surface area contributed by atoms with Gasteiger partial charge in [0.25, 0.3) is 5.91 Å². The van der Waals surface area contributed by atoms with Crippen LogP contribution >= 0.6 is 11.6 Å². The molecule has 0 saturated heterocycles. The zero-order valence-electron chi connectivity index (χ0n) is 21.5. The van der Waals surface area contributed by atoms with E-state index in [-0.39, 0.29) is 11.9 Å². The molecule has 39 heavy (non-hydrogen) atoms. The highest BCUT2D eigenvalue weighted by Crippen LogP contribution is 2.43. The molecule has 3 aromatic carbocycles. The molecule has 1 aliphatic heterocycles. The van der Waals surface area contributed by atoms with Crippen LogP contribution in [0.5, 0.6) is 5.75 Å². The summed E-state index contributed by atoms with van der Waals surface area (Å²) in [4.78, 5) is 19.7. The van der Waals surface area contributed by atoms with Crippen molar-refractivity contribution in [3.63, 3.8) is 0 Å². The summed E-state index contributed by atoms with van der Waals surface area (Å²) in [5.74, 6) is 0.700. The first-order chi connectivity index (χ1) is 19.1. The van der Waals surface area contributed by atoms with Gasteiger partial charge in [-0.05, 0) is 37.1 Å². The fourth-order valence-electron chi connectivity index (χ4n) is 5.07. The summed E-state index contributed by atoms with van der Waals surface area (Å²) < 4.78 is 8.04. The number of aromatic amines is 1. The number of hydrogen-bond acceptors (Lipinski definition) is 4. The fourth-order valence-corrected chi connectivity index (χ4v) is 5.26. The van der Waals surface area contributed by atoms with Gasteiger partial charge < -0.3 is 14.2 Å². The lowest BCUT2D eigenvalue weighted by Crippen LogP contribution is -2.31. The van der Waals surface area contributed by atoms with Gasteiger partial charge in [-0.2, -0.15) is 5.10 Å². The first-order valence-electron chi connectivity index (χ1n) is 13.0. The number of hydrogen-bond donors (Lipinski definition) is 1. The number of aromatic nitrogens is 4. The molecule has 8 heteroatoms. The smallest absolute Gasteiger partial charge is 0.273 e. The third-order valence-electron chi connectivity index (χ3n) is 7.11. The molecule has 196 valence electrons. The molecule has 5 aromatic rings. The van der Waals surface area contributed by atoms with Crippen molar-refractivity contribution in [3.8, 4) is 17.0 Å². The van der Waals surface area contributed by atoms with Crippen LogP contribution in [-0.4, -0.2) is 37.1 Å². The summed E-state index contributed by atoms with van der Waals surface area (Å²) in [5.41, 5.74) is 6.36. The Balaban J connectivity index is 1.29. The van der Waals surface area contributed by atoms with Gasteiger partial charge in [0.05, 0.1) is 18.1 Å². The summed E-state index contributed by atoms with van der Waals surface area (Å²) >= 11 is 6.29. The van der Waals surface area contributed by atoms with Crippen molar-refractivity contribution in [1.82, 2.24) is 24.6 Å². The summed E-state index contributed by atoms with van der Waals surface area (Å²) in [6.45, 7) is 3.82. The standard InChI is InChI=1S/C31H28ClN5O2/c1-21-7-9-22(10-8-21)28-27-29(35-34-28)31(38)37(17-4-16-36-18-15-33-20-36)30(27)23-11-13-25(14-12-23)39-19-24-5-2-3-6-26(24)32/h2-3,5-15,18,20,30H,4,16-17,19H2,1H3,(H,34,35). The Morgan fingerprint density at radius 1 is 1.00 bits per heavy atom. The zero-order chi connectivity index (χ0) is 26.8. The minimum Gasteiger partial charge on any atom is -0.489 e. The Kier molecular flexibility index (Phi) is 6.90. The van der Waals surface area contributed by atoms with E-state index < -0.39 is 0 Å². The van der Waals surface area contributed by atoms with Crippen LogP contribution < -0.4 is 4.74 Å². The Morgan fingerprint density at radius 3 is 2.54 bits per heavy atom. The number of halogens is 1. The van der Waals surface area contributed by atoms with Crippen molar-refractivity contribution < 1.29 is 9.53 Å². The minimum atomic E-state index is -0.261. The van der Waals surface area contributed by atoms with E-state index in [1.165, 1.54) is 5.56 Å². The maximum Gasteiger partial charge on any atom is 0.273 e. The van der Waals surface area contributed by atoms with Gasteiger partial charge in [-0.3, -0.25) is 9.89 Å². The number of nitrogens with one attached hydrogen (secondary N) is 1. The van der Waals surface area contributed by atoms with Crippen molar-refractivity contribution in [2.24, 2.45) is 0 Å². The van der Waals surface area contributed by atoms with Gasteiger partial charge in [0.2, 0.25) is 0 Å². The van der Waals surface area contributed by atoms with Crippen LogP contribution in [0.2, 0.25) is 5.02 Å². The number of carbonyl (C=O) groups excluding carboxylic acids is 1. The molecule has 0 bridgehead atoms. The highest BCUT2D eigenvalue weighted by Gasteiger charge is 2.41. The van der Waals surface area contributed by atoms with Crippen LogP contribution in [0.4, 0.5) is 0 Å². The highest BCUT2D eigenvalue weighted by atomic mass is 35.5. The molecule has 2 aromatic heterocycles. The van der Waals surface area contributed by atoms with E-state index in [1.807, 2.05) is 64.2 Å². The van der Waals surface area contributed by atoms with Gasteiger partial charge in [-0.1, -0.05) is 71.8 Å². The Hall–Kier alpha value is -4.36. The van der Waals surface area contributed by atoms with Crippen LogP contribution in [0.1, 0.15) is 45.2 Å². The van der Waals surface area contributed by atoms with Crippen molar-refractivity contribution >= 4 is 17.5 Å². The van der Waals surface area contributed by atoms with E-state index in [1.54, 1.807) is 12.5 Å². The number of ether oxygens (including phenoxy) is 1. The topological polar surface area (TPSA) is 76.0 Å². The lowest BCUT2D eigenvalue weighted by molar-refractivity contribution is 0.0739. The summed E-state index contributed by atoms with van der Waals surface area (Å²) in [7, 11) is 0. The first kappa shape index (κ1) is 24.9. The average Bonchev–Trinajstić information content (AvgIpc) is 3.68. The SMILES string of the molecule is Cc1ccc(-c2n[nH]c3c2C(c2ccc(OCc4ccccc4Cl)cc2)N(CCCn2ccnc2)C3=O)cc1. The molecular formula is C31H28ClN5O2. The first-order valence-corrected chi connectivity index (χ1v) is 13.3. The second-order valence-corrected chi connectivity index (χ2v) is 10.1. The van der Waals surface area contributed by atoms with Crippen molar-refractivity contribution in [2.75, 3.05) is 6.54 Å². The zero-order valence-corrected chi connectivity index (χ0v) is 22.3. The molecule has 0 saturated carbocycles. The Bertz CT molecular complexity index is 1580. The second-order valence-electron chi connectivity index (χ2n) is 9.73. The molecule has 1 unspecified atom stereocenters. The third kappa shape index (κ3) is 5.05. The van der Waals surface area contributed by atoms with Gasteiger partial charge in [0.15, 0.2) is 0 Å². The monoisotopic (exact) mass is 537 g/mol. The third-order valence-corrected chi connectivity index (χ3v) is 7.48. The van der Waals surface area contributed by atoms with E-state index in [2.05, 4.69) is 46.4 Å². The van der Waals surface area contributed by atoms with Gasteiger partial charge in [-0.25, -0.2) is 4.98 Å². The molecule has 7 nitrogen and oxygen atoms in total. The molecule has 1 amide bonds. The average molecular weight is 538 g/mol. The maximum absolute atomic E-state index is 13.6. The molecule has 1 aliphatic rings. The quantitative estimate of drug-likeness (QED) is 0.234. The summed E-state index contributed by atoms with van der Waals surface area (Å²) in [6.07, 6.45) is 6.30. The van der Waals surface area contributed by atoms with Gasteiger partial charge in [0, 0.05) is 47.2 Å². The molecule has 6 rings (SSSR count). The lowest BCUT2D eigenvalue weighted by atomic mass is 9.95. The molecule has 3 heterocycles. The molecule has 1 N–H and O–H groups in total. The van der Waals surface area contributed by atoms with E-state index in [9.17, 15) is 4.79 Å². The largest absolute Gasteiger partial charge is 0.489 e. The number of carbonyl (C=O) groups is 1. The Labute approximate surface area is 232 Å². The number of fused-ring (bicyclic) bond motifs is 1. The number of amides is 1. The lowest BCUT2D eigenvalue weighted by Gasteiger charge is -2.26. The number of nitrogens with zero attached hydrogens (tertiary/aromatic N) is 4. The molecule has 0 radical (unpaired) electrons. The summed E-state index contributed by atoms with van der Waals surface area (Å²) in [6, 6.07) is 23.6. The number of aryl methyl sites for hydroxylation is 2. The van der Waals surface area contributed by atoms with Crippen LogP contribution in [-0.2, 0) is 13.2 Å². The minimum absolute atomic E-state index is 0.0365. The van der Waals surface area contributed by atoms with Crippen LogP contribution in [0.25, 0.3) is 11.3 Å². The summed E-state index contributed by atoms with van der Waals surface area (Å²) in [5, 5.41) is 8.31. The second kappa shape index (κ2) is 10.8. The van der Waals surface area contributed by atoms with Crippen LogP contribution in [0, 0.1) is 6.92 Å². The van der Waals surface area contributed by atoms with Gasteiger partial charge in [0.1, 0.15) is 18.1 Å². The molecule has 0 spiro atoms. The predicted octanol–water partition coefficient (Wildman–Crippen LogP) is 6.45. The van der Waals surface area contributed by atoms with E-state index in [4.69, 9.17) is 16.3 Å².